The molecule has 0 bridgehead atoms. The Morgan fingerprint density at radius 2 is 1.89 bits per heavy atom. The summed E-state index contributed by atoms with van der Waals surface area (Å²) in [4.78, 5) is 26.6. The van der Waals surface area contributed by atoms with Gasteiger partial charge in [0.1, 0.15) is 0 Å². The zero-order chi connectivity index (χ0) is 19.6. The molecule has 27 heavy (non-hydrogen) atoms. The van der Waals surface area contributed by atoms with Gasteiger partial charge in [-0.2, -0.15) is 0 Å². The van der Waals surface area contributed by atoms with E-state index in [0.717, 1.165) is 20.9 Å². The molecule has 0 aliphatic carbocycles. The van der Waals surface area contributed by atoms with Gasteiger partial charge in [0.25, 0.3) is 11.1 Å². The topological polar surface area (TPSA) is 66.8 Å². The molecular weight excluding hydrogens is 592 g/mol. The Kier molecular flexibility index (Phi) is 6.69. The van der Waals surface area contributed by atoms with E-state index in [1.54, 1.807) is 18.2 Å². The maximum atomic E-state index is 12.7. The first kappa shape index (κ1) is 20.5. The molecule has 5 nitrogen and oxygen atoms in total. The third-order valence-corrected chi connectivity index (χ3v) is 6.22. The standard InChI is InChI=1S/C19H15I2NO4S/c1-2-26-15-8-12(7-14(21)17(15)23)9-16-18(24)22(19(25)27-16)10-11-3-5-13(20)6-4-11/h3-9,23H,2,10H2,1H3/b16-9-. The van der Waals surface area contributed by atoms with Crippen molar-refractivity contribution >= 4 is 74.2 Å². The fourth-order valence-electron chi connectivity index (χ4n) is 2.50. The number of nitrogens with zero attached hydrogens (tertiary/aromatic N) is 1. The molecule has 1 saturated heterocycles. The Balaban J connectivity index is 1.85. The fraction of sp³-hybridized carbons (Fsp3) is 0.158. The van der Waals surface area contributed by atoms with Crippen molar-refractivity contribution in [1.29, 1.82) is 0 Å². The third kappa shape index (κ3) is 4.77. The molecule has 0 spiro atoms. The number of carbonyl (C=O) groups excluding carboxylic acids is 2. The second kappa shape index (κ2) is 8.82. The summed E-state index contributed by atoms with van der Waals surface area (Å²) in [5.74, 6) is 0.111. The van der Waals surface area contributed by atoms with Gasteiger partial charge >= 0.3 is 0 Å². The maximum absolute atomic E-state index is 12.7. The highest BCUT2D eigenvalue weighted by atomic mass is 127. The van der Waals surface area contributed by atoms with Crippen molar-refractivity contribution in [2.45, 2.75) is 13.5 Å². The number of imide groups is 1. The van der Waals surface area contributed by atoms with Gasteiger partial charge < -0.3 is 9.84 Å². The Hall–Kier alpha value is -1.27. The predicted octanol–water partition coefficient (Wildman–Crippen LogP) is 5.24. The number of thioether (sulfide) groups is 1. The van der Waals surface area contributed by atoms with Crippen LogP contribution in [0.15, 0.2) is 41.3 Å². The first-order valence-electron chi connectivity index (χ1n) is 8.04. The first-order valence-corrected chi connectivity index (χ1v) is 11.0. The summed E-state index contributed by atoms with van der Waals surface area (Å²) in [5, 5.41) is 9.76. The van der Waals surface area contributed by atoms with Gasteiger partial charge in [-0.05, 0) is 105 Å². The summed E-state index contributed by atoms with van der Waals surface area (Å²) in [7, 11) is 0. The summed E-state index contributed by atoms with van der Waals surface area (Å²) >= 11 is 5.13. The molecule has 0 unspecified atom stereocenters. The molecule has 1 fully saturated rings. The van der Waals surface area contributed by atoms with Crippen LogP contribution in [0.2, 0.25) is 0 Å². The molecule has 1 N–H and O–H groups in total. The molecule has 0 radical (unpaired) electrons. The summed E-state index contributed by atoms with van der Waals surface area (Å²) in [6.45, 7) is 2.49. The second-order valence-electron chi connectivity index (χ2n) is 5.68. The summed E-state index contributed by atoms with van der Waals surface area (Å²) in [6.07, 6.45) is 1.66. The highest BCUT2D eigenvalue weighted by Gasteiger charge is 2.35. The van der Waals surface area contributed by atoms with Crippen molar-refractivity contribution in [2.75, 3.05) is 6.61 Å². The quantitative estimate of drug-likeness (QED) is 0.373. The summed E-state index contributed by atoms with van der Waals surface area (Å²) in [6, 6.07) is 11.1. The second-order valence-corrected chi connectivity index (χ2v) is 9.08. The van der Waals surface area contributed by atoms with E-state index in [0.29, 0.717) is 26.4 Å². The predicted molar refractivity (Wildman–Crippen MR) is 123 cm³/mol. The number of amides is 2. The van der Waals surface area contributed by atoms with Crippen LogP contribution in [0.3, 0.4) is 0 Å². The molecular formula is C19H15I2NO4S. The molecule has 1 heterocycles. The lowest BCUT2D eigenvalue weighted by atomic mass is 10.1. The number of halogens is 2. The van der Waals surface area contributed by atoms with Gasteiger partial charge in [0.2, 0.25) is 0 Å². The smallest absolute Gasteiger partial charge is 0.293 e. The molecule has 0 atom stereocenters. The van der Waals surface area contributed by atoms with Crippen LogP contribution < -0.4 is 4.74 Å². The van der Waals surface area contributed by atoms with E-state index >= 15 is 0 Å². The van der Waals surface area contributed by atoms with Crippen LogP contribution in [0.1, 0.15) is 18.1 Å². The van der Waals surface area contributed by atoms with Crippen molar-refractivity contribution in [3.8, 4) is 11.5 Å². The molecule has 3 rings (SSSR count). The van der Waals surface area contributed by atoms with Gasteiger partial charge in [-0.25, -0.2) is 0 Å². The van der Waals surface area contributed by atoms with Crippen LogP contribution in [-0.4, -0.2) is 27.8 Å². The lowest BCUT2D eigenvalue weighted by molar-refractivity contribution is -0.123. The van der Waals surface area contributed by atoms with Crippen molar-refractivity contribution < 1.29 is 19.4 Å². The van der Waals surface area contributed by atoms with Crippen LogP contribution in [0.25, 0.3) is 6.08 Å². The minimum atomic E-state index is -0.315. The van der Waals surface area contributed by atoms with Crippen molar-refractivity contribution in [3.63, 3.8) is 0 Å². The molecule has 2 aromatic carbocycles. The van der Waals surface area contributed by atoms with Gasteiger partial charge in [0.05, 0.1) is 21.6 Å². The van der Waals surface area contributed by atoms with Crippen molar-refractivity contribution in [2.24, 2.45) is 0 Å². The van der Waals surface area contributed by atoms with E-state index in [2.05, 4.69) is 22.6 Å². The molecule has 1 aliphatic rings. The minimum absolute atomic E-state index is 0.0708. The number of phenolic OH excluding ortho intramolecular Hbond substituents is 1. The molecule has 1 aliphatic heterocycles. The Morgan fingerprint density at radius 1 is 1.19 bits per heavy atom. The zero-order valence-electron chi connectivity index (χ0n) is 14.2. The molecule has 8 heteroatoms. The van der Waals surface area contributed by atoms with Crippen LogP contribution in [0, 0.1) is 7.14 Å². The fourth-order valence-corrected chi connectivity index (χ4v) is 4.33. The number of phenols is 1. The normalized spacial score (nSPS) is 15.7. The Morgan fingerprint density at radius 3 is 2.56 bits per heavy atom. The molecule has 0 saturated carbocycles. The van der Waals surface area contributed by atoms with Crippen LogP contribution in [-0.2, 0) is 11.3 Å². The van der Waals surface area contributed by atoms with E-state index in [-0.39, 0.29) is 23.4 Å². The van der Waals surface area contributed by atoms with Gasteiger partial charge in [-0.1, -0.05) is 12.1 Å². The summed E-state index contributed by atoms with van der Waals surface area (Å²) in [5.41, 5.74) is 1.59. The molecule has 2 aromatic rings. The number of aromatic hydroxyl groups is 1. The van der Waals surface area contributed by atoms with E-state index in [9.17, 15) is 14.7 Å². The molecule has 140 valence electrons. The van der Waals surface area contributed by atoms with Gasteiger partial charge in [-0.15, -0.1) is 0 Å². The number of ether oxygens (including phenoxy) is 1. The number of hydrogen-bond acceptors (Lipinski definition) is 5. The van der Waals surface area contributed by atoms with Crippen LogP contribution in [0.4, 0.5) is 4.79 Å². The van der Waals surface area contributed by atoms with Crippen LogP contribution >= 0.6 is 56.9 Å². The monoisotopic (exact) mass is 607 g/mol. The van der Waals surface area contributed by atoms with Crippen molar-refractivity contribution in [1.82, 2.24) is 4.90 Å². The number of carbonyl (C=O) groups is 2. The van der Waals surface area contributed by atoms with Gasteiger partial charge in [0.15, 0.2) is 11.5 Å². The maximum Gasteiger partial charge on any atom is 0.293 e. The Labute approximate surface area is 188 Å². The number of hydrogen-bond donors (Lipinski definition) is 1. The zero-order valence-corrected chi connectivity index (χ0v) is 19.4. The number of rotatable bonds is 5. The minimum Gasteiger partial charge on any atom is -0.504 e. The van der Waals surface area contributed by atoms with E-state index in [1.807, 2.05) is 53.8 Å². The largest absolute Gasteiger partial charge is 0.504 e. The molecule has 0 aromatic heterocycles. The van der Waals surface area contributed by atoms with Gasteiger partial charge in [0, 0.05) is 3.57 Å². The average Bonchev–Trinajstić information content (AvgIpc) is 2.88. The lowest BCUT2D eigenvalue weighted by Gasteiger charge is -2.12. The highest BCUT2D eigenvalue weighted by molar-refractivity contribution is 14.1. The van der Waals surface area contributed by atoms with Crippen molar-refractivity contribution in [3.05, 3.63) is 59.6 Å². The average molecular weight is 607 g/mol. The van der Waals surface area contributed by atoms with E-state index < -0.39 is 0 Å². The van der Waals surface area contributed by atoms with E-state index in [1.165, 1.54) is 4.90 Å². The molecule has 2 amide bonds. The third-order valence-electron chi connectivity index (χ3n) is 3.78. The van der Waals surface area contributed by atoms with E-state index in [4.69, 9.17) is 4.74 Å². The first-order chi connectivity index (χ1) is 12.9. The van der Waals surface area contributed by atoms with Crippen LogP contribution in [0.5, 0.6) is 11.5 Å². The highest BCUT2D eigenvalue weighted by Crippen LogP contribution is 2.37. The van der Waals surface area contributed by atoms with Gasteiger partial charge in [-0.3, -0.25) is 14.5 Å². The lowest BCUT2D eigenvalue weighted by Crippen LogP contribution is -2.27. The number of benzene rings is 2. The SMILES string of the molecule is CCOc1cc(/C=C2\SC(=O)N(Cc3ccc(I)cc3)C2=O)cc(I)c1O. The Bertz CT molecular complexity index is 928. The summed E-state index contributed by atoms with van der Waals surface area (Å²) < 4.78 is 7.14.